The van der Waals surface area contributed by atoms with E-state index in [1.807, 2.05) is 66.1 Å². The van der Waals surface area contributed by atoms with Crippen LogP contribution in [0.4, 0.5) is 0 Å². The molecule has 122 valence electrons. The van der Waals surface area contributed by atoms with Crippen molar-refractivity contribution in [2.24, 2.45) is 0 Å². The Labute approximate surface area is 145 Å². The van der Waals surface area contributed by atoms with E-state index in [4.69, 9.17) is 0 Å². The van der Waals surface area contributed by atoms with E-state index in [9.17, 15) is 4.79 Å². The van der Waals surface area contributed by atoms with Crippen LogP contribution in [0.3, 0.4) is 0 Å². The quantitative estimate of drug-likeness (QED) is 0.702. The van der Waals surface area contributed by atoms with Gasteiger partial charge in [-0.1, -0.05) is 60.3 Å². The van der Waals surface area contributed by atoms with Gasteiger partial charge in [0.15, 0.2) is 5.16 Å². The van der Waals surface area contributed by atoms with Crippen LogP contribution in [0.25, 0.3) is 5.69 Å². The minimum absolute atomic E-state index is 0.0248. The molecule has 0 fully saturated rings. The molecule has 1 heterocycles. The van der Waals surface area contributed by atoms with Crippen LogP contribution < -0.4 is 5.32 Å². The maximum atomic E-state index is 12.0. The van der Waals surface area contributed by atoms with E-state index >= 15 is 0 Å². The van der Waals surface area contributed by atoms with Crippen LogP contribution in [0.15, 0.2) is 66.1 Å². The molecule has 0 radical (unpaired) electrons. The average molecular weight is 338 g/mol. The van der Waals surface area contributed by atoms with Crippen LogP contribution in [0.1, 0.15) is 11.1 Å². The number of benzene rings is 2. The summed E-state index contributed by atoms with van der Waals surface area (Å²) in [5.74, 6) is 0.278. The second kappa shape index (κ2) is 7.79. The van der Waals surface area contributed by atoms with Gasteiger partial charge in [0.2, 0.25) is 5.91 Å². The van der Waals surface area contributed by atoms with Crippen molar-refractivity contribution in [3.05, 3.63) is 72.1 Å². The van der Waals surface area contributed by atoms with Crippen molar-refractivity contribution in [3.63, 3.8) is 0 Å². The molecule has 0 unspecified atom stereocenters. The fourth-order valence-corrected chi connectivity index (χ4v) is 3.05. The summed E-state index contributed by atoms with van der Waals surface area (Å²) in [5.41, 5.74) is 3.24. The molecule has 0 bridgehead atoms. The molecule has 3 rings (SSSR count). The summed E-state index contributed by atoms with van der Waals surface area (Å²) in [4.78, 5) is 12.0. The van der Waals surface area contributed by atoms with E-state index in [-0.39, 0.29) is 5.91 Å². The fraction of sp³-hybridized carbons (Fsp3) is 0.167. The minimum Gasteiger partial charge on any atom is -0.351 e. The Morgan fingerprint density at radius 3 is 2.67 bits per heavy atom. The number of thioether (sulfide) groups is 1. The molecule has 1 amide bonds. The maximum absolute atomic E-state index is 12.0. The molecule has 0 aliphatic carbocycles. The first-order valence-electron chi connectivity index (χ1n) is 7.63. The second-order valence-corrected chi connectivity index (χ2v) is 6.26. The lowest BCUT2D eigenvalue weighted by Gasteiger charge is -2.09. The fourth-order valence-electron chi connectivity index (χ4n) is 2.30. The molecule has 0 aliphatic rings. The number of carbonyl (C=O) groups excluding carboxylic acids is 1. The Morgan fingerprint density at radius 2 is 1.88 bits per heavy atom. The molecule has 3 aromatic rings. The molecule has 5 nitrogen and oxygen atoms in total. The van der Waals surface area contributed by atoms with Gasteiger partial charge in [0, 0.05) is 6.54 Å². The number of aromatic nitrogens is 3. The smallest absolute Gasteiger partial charge is 0.230 e. The molecule has 1 aromatic heterocycles. The highest BCUT2D eigenvalue weighted by molar-refractivity contribution is 7.99. The molecule has 0 spiro atoms. The van der Waals surface area contributed by atoms with Crippen LogP contribution in [-0.2, 0) is 11.3 Å². The standard InChI is InChI=1S/C18H18N4OS/c1-14-7-5-6-10-16(14)22-13-20-21-18(22)24-12-17(23)19-11-15-8-3-2-4-9-15/h2-10,13H,11-12H2,1H3,(H,19,23). The molecule has 24 heavy (non-hydrogen) atoms. The van der Waals surface area contributed by atoms with Gasteiger partial charge in [0.1, 0.15) is 6.33 Å². The number of para-hydroxylation sites is 1. The van der Waals surface area contributed by atoms with Crippen LogP contribution in [0, 0.1) is 6.92 Å². The molecular weight excluding hydrogens is 320 g/mol. The second-order valence-electron chi connectivity index (χ2n) is 5.32. The summed E-state index contributed by atoms with van der Waals surface area (Å²) in [6.07, 6.45) is 1.67. The van der Waals surface area contributed by atoms with E-state index in [2.05, 4.69) is 15.5 Å². The minimum atomic E-state index is -0.0248. The lowest BCUT2D eigenvalue weighted by atomic mass is 10.2. The first-order valence-corrected chi connectivity index (χ1v) is 8.62. The lowest BCUT2D eigenvalue weighted by molar-refractivity contribution is -0.118. The van der Waals surface area contributed by atoms with Gasteiger partial charge in [-0.15, -0.1) is 10.2 Å². The van der Waals surface area contributed by atoms with E-state index in [1.54, 1.807) is 6.33 Å². The zero-order valence-electron chi connectivity index (χ0n) is 13.3. The molecule has 2 aromatic carbocycles. The van der Waals surface area contributed by atoms with Crippen molar-refractivity contribution < 1.29 is 4.79 Å². The molecular formula is C18H18N4OS. The zero-order chi connectivity index (χ0) is 16.8. The zero-order valence-corrected chi connectivity index (χ0v) is 14.2. The highest BCUT2D eigenvalue weighted by Gasteiger charge is 2.11. The summed E-state index contributed by atoms with van der Waals surface area (Å²) in [6, 6.07) is 17.9. The number of rotatable bonds is 6. The highest BCUT2D eigenvalue weighted by atomic mass is 32.2. The molecule has 0 saturated heterocycles. The number of nitrogens with one attached hydrogen (secondary N) is 1. The van der Waals surface area contributed by atoms with Gasteiger partial charge in [-0.05, 0) is 24.1 Å². The molecule has 0 atom stereocenters. The van der Waals surface area contributed by atoms with E-state index in [0.717, 1.165) is 16.8 Å². The molecule has 0 aliphatic heterocycles. The monoisotopic (exact) mass is 338 g/mol. The van der Waals surface area contributed by atoms with Crippen molar-refractivity contribution in [2.45, 2.75) is 18.6 Å². The van der Waals surface area contributed by atoms with E-state index in [1.165, 1.54) is 11.8 Å². The number of nitrogens with zero attached hydrogens (tertiary/aromatic N) is 3. The molecule has 6 heteroatoms. The van der Waals surface area contributed by atoms with Crippen molar-refractivity contribution in [2.75, 3.05) is 5.75 Å². The van der Waals surface area contributed by atoms with Crippen molar-refractivity contribution in [1.29, 1.82) is 0 Å². The van der Waals surface area contributed by atoms with E-state index < -0.39 is 0 Å². The summed E-state index contributed by atoms with van der Waals surface area (Å²) in [5, 5.41) is 11.7. The number of carbonyl (C=O) groups is 1. The predicted octanol–water partition coefficient (Wildman–Crippen LogP) is 2.98. The van der Waals surface area contributed by atoms with Crippen LogP contribution in [0.5, 0.6) is 0 Å². The summed E-state index contributed by atoms with van der Waals surface area (Å²) >= 11 is 1.38. The maximum Gasteiger partial charge on any atom is 0.230 e. The topological polar surface area (TPSA) is 59.8 Å². The van der Waals surface area contributed by atoms with Gasteiger partial charge in [-0.3, -0.25) is 9.36 Å². The predicted molar refractivity (Wildman–Crippen MR) is 95.1 cm³/mol. The first-order chi connectivity index (χ1) is 11.7. The van der Waals surface area contributed by atoms with Crippen LogP contribution in [0.2, 0.25) is 0 Å². The largest absolute Gasteiger partial charge is 0.351 e. The highest BCUT2D eigenvalue weighted by Crippen LogP contribution is 2.21. The molecule has 1 N–H and O–H groups in total. The third-order valence-corrected chi connectivity index (χ3v) is 4.50. The first kappa shape index (κ1) is 16.3. The van der Waals surface area contributed by atoms with Crippen molar-refractivity contribution in [3.8, 4) is 5.69 Å². The Bertz CT molecular complexity index is 817. The summed E-state index contributed by atoms with van der Waals surface area (Å²) in [7, 11) is 0. The SMILES string of the molecule is Cc1ccccc1-n1cnnc1SCC(=O)NCc1ccccc1. The van der Waals surface area contributed by atoms with Gasteiger partial charge in [-0.25, -0.2) is 0 Å². The van der Waals surface area contributed by atoms with Gasteiger partial charge in [0.25, 0.3) is 0 Å². The van der Waals surface area contributed by atoms with Crippen molar-refractivity contribution >= 4 is 17.7 Å². The van der Waals surface area contributed by atoms with Gasteiger partial charge >= 0.3 is 0 Å². The Balaban J connectivity index is 1.59. The number of hydrogen-bond acceptors (Lipinski definition) is 4. The summed E-state index contributed by atoms with van der Waals surface area (Å²) < 4.78 is 1.91. The normalized spacial score (nSPS) is 10.5. The Morgan fingerprint density at radius 1 is 1.12 bits per heavy atom. The van der Waals surface area contributed by atoms with Gasteiger partial charge in [-0.2, -0.15) is 0 Å². The third-order valence-electron chi connectivity index (χ3n) is 3.56. The Hall–Kier alpha value is -2.60. The number of aryl methyl sites for hydroxylation is 1. The lowest BCUT2D eigenvalue weighted by Crippen LogP contribution is -2.24. The van der Waals surface area contributed by atoms with Crippen molar-refractivity contribution in [1.82, 2.24) is 20.1 Å². The van der Waals surface area contributed by atoms with E-state index in [0.29, 0.717) is 17.5 Å². The van der Waals surface area contributed by atoms with Gasteiger partial charge < -0.3 is 5.32 Å². The van der Waals surface area contributed by atoms with Gasteiger partial charge in [0.05, 0.1) is 11.4 Å². The number of amides is 1. The number of hydrogen-bond donors (Lipinski definition) is 1. The average Bonchev–Trinajstić information content (AvgIpc) is 3.08. The van der Waals surface area contributed by atoms with Crippen LogP contribution in [-0.4, -0.2) is 26.4 Å². The summed E-state index contributed by atoms with van der Waals surface area (Å²) in [6.45, 7) is 2.57. The third kappa shape index (κ3) is 4.02. The van der Waals surface area contributed by atoms with Crippen LogP contribution >= 0.6 is 11.8 Å². The molecule has 0 saturated carbocycles. The Kier molecular flexibility index (Phi) is 5.28.